The van der Waals surface area contributed by atoms with Crippen LogP contribution < -0.4 is 11.1 Å². The molecular weight excluding hydrogens is 463 g/mol. The zero-order valence-corrected chi connectivity index (χ0v) is 19.0. The molecule has 0 unspecified atom stereocenters. The zero-order chi connectivity index (χ0) is 22.9. The van der Waals surface area contributed by atoms with Gasteiger partial charge in [-0.05, 0) is 44.5 Å². The zero-order valence-electron chi connectivity index (χ0n) is 16.7. The Labute approximate surface area is 191 Å². The molecule has 1 aromatic carbocycles. The number of amides is 2. The van der Waals surface area contributed by atoms with Crippen LogP contribution in [0.3, 0.4) is 0 Å². The molecule has 2 amide bonds. The summed E-state index contributed by atoms with van der Waals surface area (Å²) >= 11 is 12.9. The standard InChI is InChI=1S/C20H18Cl2N4O4S/c1-8(2)30-20(29)15-9(3)16(17(23)27)31-19(15)24-18(28)14-7-13(25-26-14)10-4-5-11(21)12(22)6-10/h4-8H,1-3H3,(H2,23,27)(H,24,28)(H,25,26). The van der Waals surface area contributed by atoms with Gasteiger partial charge in [-0.2, -0.15) is 5.10 Å². The molecule has 2 heterocycles. The van der Waals surface area contributed by atoms with Crippen LogP contribution in [-0.4, -0.2) is 34.1 Å². The van der Waals surface area contributed by atoms with E-state index in [4.69, 9.17) is 33.7 Å². The van der Waals surface area contributed by atoms with Gasteiger partial charge in [0, 0.05) is 5.56 Å². The summed E-state index contributed by atoms with van der Waals surface area (Å²) in [5, 5.41) is 10.3. The van der Waals surface area contributed by atoms with Gasteiger partial charge in [-0.25, -0.2) is 4.79 Å². The molecule has 0 aliphatic rings. The minimum atomic E-state index is -0.704. The number of nitrogens with two attached hydrogens (primary N) is 1. The molecule has 0 radical (unpaired) electrons. The summed E-state index contributed by atoms with van der Waals surface area (Å²) in [6.45, 7) is 4.96. The van der Waals surface area contributed by atoms with E-state index < -0.39 is 17.8 Å². The van der Waals surface area contributed by atoms with E-state index in [1.807, 2.05) is 0 Å². The molecule has 0 spiro atoms. The molecule has 3 aromatic rings. The number of aromatic nitrogens is 2. The second-order valence-electron chi connectivity index (χ2n) is 6.83. The maximum absolute atomic E-state index is 12.8. The third kappa shape index (κ3) is 4.90. The van der Waals surface area contributed by atoms with Crippen molar-refractivity contribution in [1.82, 2.24) is 10.2 Å². The number of rotatable bonds is 6. The Morgan fingerprint density at radius 1 is 1.19 bits per heavy atom. The number of benzene rings is 1. The Morgan fingerprint density at radius 3 is 2.52 bits per heavy atom. The number of esters is 1. The van der Waals surface area contributed by atoms with Crippen LogP contribution in [0.25, 0.3) is 11.3 Å². The maximum Gasteiger partial charge on any atom is 0.341 e. The van der Waals surface area contributed by atoms with Crippen molar-refractivity contribution in [2.45, 2.75) is 26.9 Å². The second-order valence-corrected chi connectivity index (χ2v) is 8.66. The summed E-state index contributed by atoms with van der Waals surface area (Å²) in [6.07, 6.45) is -0.381. The summed E-state index contributed by atoms with van der Waals surface area (Å²) in [6, 6.07) is 6.49. The molecule has 0 bridgehead atoms. The Kier molecular flexibility index (Phi) is 6.68. The maximum atomic E-state index is 12.8. The van der Waals surface area contributed by atoms with Gasteiger partial charge in [0.15, 0.2) is 0 Å². The number of halogens is 2. The lowest BCUT2D eigenvalue weighted by atomic mass is 10.1. The molecule has 3 rings (SSSR count). The molecule has 8 nitrogen and oxygen atoms in total. The average molecular weight is 481 g/mol. The minimum Gasteiger partial charge on any atom is -0.459 e. The SMILES string of the molecule is Cc1c(C(N)=O)sc(NC(=O)c2cc(-c3ccc(Cl)c(Cl)c3)n[nH]2)c1C(=O)OC(C)C. The second kappa shape index (κ2) is 9.09. The fourth-order valence-corrected chi connectivity index (χ4v) is 4.11. The summed E-state index contributed by atoms with van der Waals surface area (Å²) < 4.78 is 5.24. The number of H-pyrrole nitrogens is 1. The van der Waals surface area contributed by atoms with E-state index in [0.717, 1.165) is 11.3 Å². The van der Waals surface area contributed by atoms with Crippen molar-refractivity contribution in [3.05, 3.63) is 56.0 Å². The van der Waals surface area contributed by atoms with E-state index in [2.05, 4.69) is 15.5 Å². The number of carbonyl (C=O) groups is 3. The molecule has 0 aliphatic heterocycles. The Balaban J connectivity index is 1.90. The first kappa shape index (κ1) is 22.8. The minimum absolute atomic E-state index is 0.0880. The number of nitrogens with one attached hydrogen (secondary N) is 2. The van der Waals surface area contributed by atoms with Crippen LogP contribution in [0.1, 0.15) is 49.9 Å². The number of nitrogens with zero attached hydrogens (tertiary/aromatic N) is 1. The number of anilines is 1. The van der Waals surface area contributed by atoms with E-state index >= 15 is 0 Å². The highest BCUT2D eigenvalue weighted by Crippen LogP contribution is 2.34. The quantitative estimate of drug-likeness (QED) is 0.441. The van der Waals surface area contributed by atoms with E-state index in [1.165, 1.54) is 6.07 Å². The van der Waals surface area contributed by atoms with Crippen LogP contribution >= 0.6 is 34.5 Å². The van der Waals surface area contributed by atoms with E-state index in [0.29, 0.717) is 26.9 Å². The van der Waals surface area contributed by atoms with Crippen LogP contribution in [-0.2, 0) is 4.74 Å². The van der Waals surface area contributed by atoms with Crippen molar-refractivity contribution in [3.8, 4) is 11.3 Å². The lowest BCUT2D eigenvalue weighted by molar-refractivity contribution is 0.0379. The number of thiophene rings is 1. The Morgan fingerprint density at radius 2 is 1.90 bits per heavy atom. The fraction of sp³-hybridized carbons (Fsp3) is 0.200. The highest BCUT2D eigenvalue weighted by molar-refractivity contribution is 7.18. The molecule has 0 saturated carbocycles. The largest absolute Gasteiger partial charge is 0.459 e. The van der Waals surface area contributed by atoms with Crippen molar-refractivity contribution in [2.24, 2.45) is 5.73 Å². The third-order valence-electron chi connectivity index (χ3n) is 4.18. The van der Waals surface area contributed by atoms with Gasteiger partial charge in [0.1, 0.15) is 10.7 Å². The number of aromatic amines is 1. The van der Waals surface area contributed by atoms with Crippen molar-refractivity contribution < 1.29 is 19.1 Å². The highest BCUT2D eigenvalue weighted by Gasteiger charge is 2.27. The van der Waals surface area contributed by atoms with Gasteiger partial charge in [0.05, 0.1) is 32.3 Å². The Bertz CT molecular complexity index is 1190. The summed E-state index contributed by atoms with van der Waals surface area (Å²) in [5.41, 5.74) is 7.11. The highest BCUT2D eigenvalue weighted by atomic mass is 35.5. The van der Waals surface area contributed by atoms with E-state index in [-0.39, 0.29) is 27.2 Å². The van der Waals surface area contributed by atoms with Crippen LogP contribution in [0.15, 0.2) is 24.3 Å². The number of hydrogen-bond acceptors (Lipinski definition) is 6. The van der Waals surface area contributed by atoms with Crippen LogP contribution in [0.5, 0.6) is 0 Å². The van der Waals surface area contributed by atoms with Crippen LogP contribution in [0.2, 0.25) is 10.0 Å². The van der Waals surface area contributed by atoms with Crippen molar-refractivity contribution in [2.75, 3.05) is 5.32 Å². The van der Waals surface area contributed by atoms with E-state index in [9.17, 15) is 14.4 Å². The molecule has 0 atom stereocenters. The molecule has 0 fully saturated rings. The topological polar surface area (TPSA) is 127 Å². The van der Waals surface area contributed by atoms with Gasteiger partial charge >= 0.3 is 5.97 Å². The third-order valence-corrected chi connectivity index (χ3v) is 6.14. The van der Waals surface area contributed by atoms with Gasteiger partial charge in [-0.15, -0.1) is 11.3 Å². The molecule has 11 heteroatoms. The molecule has 31 heavy (non-hydrogen) atoms. The first-order valence-electron chi connectivity index (χ1n) is 9.04. The van der Waals surface area contributed by atoms with E-state index in [1.54, 1.807) is 39.0 Å². The molecule has 2 aromatic heterocycles. The number of hydrogen-bond donors (Lipinski definition) is 3. The molecule has 0 aliphatic carbocycles. The lowest BCUT2D eigenvalue weighted by Crippen LogP contribution is -2.17. The van der Waals surface area contributed by atoms with Gasteiger partial charge < -0.3 is 15.8 Å². The average Bonchev–Trinajstić information content (AvgIpc) is 3.28. The molecule has 4 N–H and O–H groups in total. The van der Waals surface area contributed by atoms with Gasteiger partial charge in [-0.3, -0.25) is 14.7 Å². The van der Waals surface area contributed by atoms with Crippen molar-refractivity contribution >= 4 is 57.3 Å². The summed E-state index contributed by atoms with van der Waals surface area (Å²) in [7, 11) is 0. The molecule has 162 valence electrons. The van der Waals surface area contributed by atoms with Gasteiger partial charge in [0.25, 0.3) is 11.8 Å². The summed E-state index contributed by atoms with van der Waals surface area (Å²) in [5.74, 6) is -1.92. The lowest BCUT2D eigenvalue weighted by Gasteiger charge is -2.10. The van der Waals surface area contributed by atoms with Crippen LogP contribution in [0.4, 0.5) is 5.00 Å². The molecular formula is C20H18Cl2N4O4S. The van der Waals surface area contributed by atoms with Gasteiger partial charge in [-0.1, -0.05) is 29.3 Å². The normalized spacial score (nSPS) is 10.9. The number of carbonyl (C=O) groups excluding carboxylic acids is 3. The predicted molar refractivity (Wildman–Crippen MR) is 120 cm³/mol. The predicted octanol–water partition coefficient (Wildman–Crippen LogP) is 4.67. The van der Waals surface area contributed by atoms with Crippen molar-refractivity contribution in [1.29, 1.82) is 0 Å². The smallest absolute Gasteiger partial charge is 0.341 e. The van der Waals surface area contributed by atoms with Gasteiger partial charge in [0.2, 0.25) is 0 Å². The fourth-order valence-electron chi connectivity index (χ4n) is 2.77. The Hall–Kier alpha value is -2.88. The first-order valence-corrected chi connectivity index (χ1v) is 10.6. The van der Waals surface area contributed by atoms with Crippen LogP contribution in [0, 0.1) is 6.92 Å². The number of ether oxygens (including phenoxy) is 1. The van der Waals surface area contributed by atoms with Crippen molar-refractivity contribution in [3.63, 3.8) is 0 Å². The summed E-state index contributed by atoms with van der Waals surface area (Å²) in [4.78, 5) is 37.2. The molecule has 0 saturated heterocycles. The monoisotopic (exact) mass is 480 g/mol. The first-order chi connectivity index (χ1) is 14.6. The number of primary amides is 1.